The molecule has 0 radical (unpaired) electrons. The molecule has 2 atom stereocenters. The third-order valence-electron chi connectivity index (χ3n) is 3.47. The first kappa shape index (κ1) is 17.3. The third-order valence-corrected chi connectivity index (χ3v) is 3.47. The number of anilines is 2. The number of aliphatic hydroxyl groups is 4. The van der Waals surface area contributed by atoms with Crippen LogP contribution in [-0.4, -0.2) is 58.9 Å². The maximum atomic E-state index is 9.70. The monoisotopic (exact) mass is 322 g/mol. The molecule has 0 saturated heterocycles. The van der Waals surface area contributed by atoms with Gasteiger partial charge in [-0.15, -0.1) is 0 Å². The van der Waals surface area contributed by atoms with Crippen LogP contribution < -0.4 is 10.6 Å². The van der Waals surface area contributed by atoms with Crippen LogP contribution in [0.25, 0.3) is 11.3 Å². The summed E-state index contributed by atoms with van der Waals surface area (Å²) in [4.78, 5) is 1.67. The van der Waals surface area contributed by atoms with Gasteiger partial charge in [0, 0.05) is 30.0 Å². The van der Waals surface area contributed by atoms with Crippen LogP contribution in [0.5, 0.6) is 0 Å². The van der Waals surface area contributed by atoms with Gasteiger partial charge < -0.3 is 35.5 Å². The number of hydrogen-bond donors (Lipinski definition) is 5. The van der Waals surface area contributed by atoms with Crippen molar-refractivity contribution >= 4 is 11.4 Å². The predicted molar refractivity (Wildman–Crippen MR) is 87.0 cm³/mol. The van der Waals surface area contributed by atoms with E-state index in [-0.39, 0.29) is 13.1 Å². The molecule has 23 heavy (non-hydrogen) atoms. The summed E-state index contributed by atoms with van der Waals surface area (Å²) in [7, 11) is 0. The Hall–Kier alpha value is -2.06. The van der Waals surface area contributed by atoms with E-state index in [0.29, 0.717) is 22.7 Å². The fourth-order valence-corrected chi connectivity index (χ4v) is 2.30. The van der Waals surface area contributed by atoms with E-state index in [0.717, 1.165) is 0 Å². The maximum absolute atomic E-state index is 9.70. The van der Waals surface area contributed by atoms with Crippen LogP contribution in [0.4, 0.5) is 11.4 Å². The van der Waals surface area contributed by atoms with E-state index in [1.54, 1.807) is 41.5 Å². The first-order chi connectivity index (χ1) is 11.0. The Morgan fingerprint density at radius 2 is 1.70 bits per heavy atom. The molecule has 2 rings (SSSR count). The minimum absolute atomic E-state index is 0.106. The lowest BCUT2D eigenvalue weighted by Crippen LogP contribution is -2.40. The second-order valence-corrected chi connectivity index (χ2v) is 5.33. The van der Waals surface area contributed by atoms with Crippen LogP contribution in [0.3, 0.4) is 0 Å². The largest absolute Gasteiger partial charge is 0.464 e. The number of nitrogens with two attached hydrogens (primary N) is 1. The Morgan fingerprint density at radius 1 is 1.04 bits per heavy atom. The summed E-state index contributed by atoms with van der Waals surface area (Å²) < 4.78 is 5.36. The molecule has 126 valence electrons. The molecule has 0 aliphatic heterocycles. The molecule has 0 saturated carbocycles. The van der Waals surface area contributed by atoms with E-state index in [1.807, 2.05) is 0 Å². The summed E-state index contributed by atoms with van der Waals surface area (Å²) >= 11 is 0. The third kappa shape index (κ3) is 4.46. The highest BCUT2D eigenvalue weighted by Gasteiger charge is 2.17. The molecule has 2 aromatic rings. The summed E-state index contributed by atoms with van der Waals surface area (Å²) in [5.74, 6) is 0.606. The number of benzene rings is 1. The van der Waals surface area contributed by atoms with Gasteiger partial charge in [0.2, 0.25) is 0 Å². The lowest BCUT2D eigenvalue weighted by atomic mass is 10.1. The molecule has 1 aromatic heterocycles. The lowest BCUT2D eigenvalue weighted by molar-refractivity contribution is 0.0839. The lowest BCUT2D eigenvalue weighted by Gasteiger charge is -2.29. The Morgan fingerprint density at radius 3 is 2.22 bits per heavy atom. The molecule has 0 spiro atoms. The Bertz CT molecular complexity index is 591. The van der Waals surface area contributed by atoms with E-state index in [9.17, 15) is 10.2 Å². The van der Waals surface area contributed by atoms with Crippen LogP contribution in [0.2, 0.25) is 0 Å². The van der Waals surface area contributed by atoms with Gasteiger partial charge in [0.25, 0.3) is 0 Å². The molecule has 7 heteroatoms. The zero-order chi connectivity index (χ0) is 16.8. The topological polar surface area (TPSA) is 123 Å². The molecule has 1 aromatic carbocycles. The van der Waals surface area contributed by atoms with E-state index >= 15 is 0 Å². The SMILES string of the molecule is Nc1ccc(N(CC(O)CO)CC(O)CO)cc1-c1ccco1. The van der Waals surface area contributed by atoms with Gasteiger partial charge in [-0.25, -0.2) is 0 Å². The van der Waals surface area contributed by atoms with Crippen LogP contribution >= 0.6 is 0 Å². The molecule has 6 N–H and O–H groups in total. The maximum Gasteiger partial charge on any atom is 0.135 e. The highest BCUT2D eigenvalue weighted by molar-refractivity contribution is 5.77. The quantitative estimate of drug-likeness (QED) is 0.435. The smallest absolute Gasteiger partial charge is 0.135 e. The van der Waals surface area contributed by atoms with Crippen molar-refractivity contribution in [3.63, 3.8) is 0 Å². The highest BCUT2D eigenvalue weighted by Crippen LogP contribution is 2.30. The van der Waals surface area contributed by atoms with E-state index in [4.69, 9.17) is 20.4 Å². The van der Waals surface area contributed by atoms with Crippen molar-refractivity contribution in [2.45, 2.75) is 12.2 Å². The highest BCUT2D eigenvalue weighted by atomic mass is 16.3. The van der Waals surface area contributed by atoms with Crippen molar-refractivity contribution in [3.8, 4) is 11.3 Å². The van der Waals surface area contributed by atoms with Crippen molar-refractivity contribution < 1.29 is 24.8 Å². The van der Waals surface area contributed by atoms with Gasteiger partial charge in [-0.3, -0.25) is 0 Å². The van der Waals surface area contributed by atoms with Gasteiger partial charge in [-0.1, -0.05) is 0 Å². The summed E-state index contributed by atoms with van der Waals surface area (Å²) in [5.41, 5.74) is 7.89. The average molecular weight is 322 g/mol. The number of rotatable bonds is 8. The summed E-state index contributed by atoms with van der Waals surface area (Å²) in [6, 6.07) is 8.77. The van der Waals surface area contributed by atoms with Crippen LogP contribution in [-0.2, 0) is 0 Å². The van der Waals surface area contributed by atoms with Crippen molar-refractivity contribution in [1.82, 2.24) is 0 Å². The molecule has 0 amide bonds. The molecule has 0 aliphatic carbocycles. The first-order valence-electron chi connectivity index (χ1n) is 7.31. The standard InChI is InChI=1S/C16H22N2O5/c17-15-4-3-11(6-14(15)16-2-1-5-23-16)18(7-12(21)9-19)8-13(22)10-20/h1-6,12-13,19-22H,7-10,17H2. The normalized spacial score (nSPS) is 13.7. The summed E-state index contributed by atoms with van der Waals surface area (Å²) in [6.45, 7) is -0.582. The number of aliphatic hydroxyl groups excluding tert-OH is 4. The average Bonchev–Trinajstić information content (AvgIpc) is 3.08. The zero-order valence-electron chi connectivity index (χ0n) is 12.7. The fourth-order valence-electron chi connectivity index (χ4n) is 2.30. The molecule has 7 nitrogen and oxygen atoms in total. The zero-order valence-corrected chi connectivity index (χ0v) is 12.7. The van der Waals surface area contributed by atoms with E-state index < -0.39 is 25.4 Å². The Labute approximate surface area is 134 Å². The predicted octanol–water partition coefficient (Wildman–Crippen LogP) is 0.0416. The van der Waals surface area contributed by atoms with Crippen molar-refractivity contribution in [3.05, 3.63) is 36.6 Å². The Balaban J connectivity index is 2.32. The van der Waals surface area contributed by atoms with Crippen LogP contribution in [0.15, 0.2) is 41.0 Å². The first-order valence-corrected chi connectivity index (χ1v) is 7.31. The number of nitrogen functional groups attached to an aromatic ring is 1. The molecule has 2 unspecified atom stereocenters. The molecular formula is C16H22N2O5. The van der Waals surface area contributed by atoms with Crippen LogP contribution in [0.1, 0.15) is 0 Å². The molecule has 0 bridgehead atoms. The molecular weight excluding hydrogens is 300 g/mol. The molecule has 1 heterocycles. The molecule has 0 aliphatic rings. The minimum atomic E-state index is -0.967. The van der Waals surface area contributed by atoms with Gasteiger partial charge in [0.05, 0.1) is 31.7 Å². The second kappa shape index (κ2) is 7.98. The number of nitrogens with zero attached hydrogens (tertiary/aromatic N) is 1. The van der Waals surface area contributed by atoms with E-state index in [2.05, 4.69) is 0 Å². The van der Waals surface area contributed by atoms with Crippen molar-refractivity contribution in [2.75, 3.05) is 36.9 Å². The minimum Gasteiger partial charge on any atom is -0.464 e. The van der Waals surface area contributed by atoms with Gasteiger partial charge in [0.1, 0.15) is 5.76 Å². The summed E-state index contributed by atoms with van der Waals surface area (Å²) in [5, 5.41) is 37.5. The second-order valence-electron chi connectivity index (χ2n) is 5.33. The van der Waals surface area contributed by atoms with E-state index in [1.165, 1.54) is 0 Å². The van der Waals surface area contributed by atoms with Gasteiger partial charge in [0.15, 0.2) is 0 Å². The van der Waals surface area contributed by atoms with Crippen LogP contribution in [0, 0.1) is 0 Å². The van der Waals surface area contributed by atoms with Gasteiger partial charge in [-0.2, -0.15) is 0 Å². The van der Waals surface area contributed by atoms with Gasteiger partial charge in [-0.05, 0) is 30.3 Å². The Kier molecular flexibility index (Phi) is 6.00. The fraction of sp³-hybridized carbons (Fsp3) is 0.375. The number of hydrogen-bond acceptors (Lipinski definition) is 7. The molecule has 0 fully saturated rings. The number of furan rings is 1. The van der Waals surface area contributed by atoms with Gasteiger partial charge >= 0.3 is 0 Å². The van der Waals surface area contributed by atoms with Crippen molar-refractivity contribution in [1.29, 1.82) is 0 Å². The van der Waals surface area contributed by atoms with Crippen molar-refractivity contribution in [2.24, 2.45) is 0 Å². The summed E-state index contributed by atoms with van der Waals surface area (Å²) in [6.07, 6.45) is -0.388.